The lowest BCUT2D eigenvalue weighted by Crippen LogP contribution is -2.39. The molecule has 0 heteroatoms. The van der Waals surface area contributed by atoms with E-state index < -0.39 is 0 Å². The molecule has 0 saturated heterocycles. The van der Waals surface area contributed by atoms with Crippen LogP contribution >= 0.6 is 0 Å². The van der Waals surface area contributed by atoms with E-state index in [2.05, 4.69) is 82.3 Å². The predicted octanol–water partition coefficient (Wildman–Crippen LogP) is 8.23. The maximum atomic E-state index is 2.55. The summed E-state index contributed by atoms with van der Waals surface area (Å²) in [6.07, 6.45) is 7.09. The number of aryl methyl sites for hydroxylation is 2. The zero-order valence-electron chi connectivity index (χ0n) is 18.5. The molecular weight excluding hydrogens is 348 g/mol. The minimum atomic E-state index is 0.335. The first-order valence-corrected chi connectivity index (χ1v) is 11.5. The second-order valence-corrected chi connectivity index (χ2v) is 10.6. The number of hydrogen-bond acceptors (Lipinski definition) is 0. The van der Waals surface area contributed by atoms with Gasteiger partial charge in [-0.15, -0.1) is 0 Å². The molecule has 0 amide bonds. The maximum absolute atomic E-state index is 2.55. The van der Waals surface area contributed by atoms with Gasteiger partial charge in [-0.1, -0.05) is 67.9 Å². The zero-order chi connectivity index (χ0) is 20.2. The van der Waals surface area contributed by atoms with Gasteiger partial charge in [-0.05, 0) is 108 Å². The lowest BCUT2D eigenvalue weighted by Gasteiger charge is -2.48. The van der Waals surface area contributed by atoms with Gasteiger partial charge in [0.05, 0.1) is 0 Å². The molecule has 0 N–H and O–H groups in total. The van der Waals surface area contributed by atoms with E-state index in [1.165, 1.54) is 65.1 Å². The molecule has 5 rings (SSSR count). The van der Waals surface area contributed by atoms with E-state index in [1.807, 2.05) is 0 Å². The summed E-state index contributed by atoms with van der Waals surface area (Å²) in [6, 6.07) is 20.9. The van der Waals surface area contributed by atoms with E-state index in [-0.39, 0.29) is 0 Å². The van der Waals surface area contributed by atoms with Crippen LogP contribution < -0.4 is 0 Å². The van der Waals surface area contributed by atoms with Gasteiger partial charge >= 0.3 is 0 Å². The van der Waals surface area contributed by atoms with E-state index in [1.54, 1.807) is 5.56 Å². The molecule has 3 aromatic rings. The molecule has 3 aromatic carbocycles. The first-order chi connectivity index (χ1) is 13.9. The second kappa shape index (κ2) is 7.01. The number of hydrogen-bond donors (Lipinski definition) is 0. The summed E-state index contributed by atoms with van der Waals surface area (Å²) in [5, 5.41) is 2.67. The van der Waals surface area contributed by atoms with Gasteiger partial charge in [0.15, 0.2) is 0 Å². The van der Waals surface area contributed by atoms with Crippen molar-refractivity contribution in [2.75, 3.05) is 0 Å². The number of fused-ring (bicyclic) bond motifs is 3. The highest BCUT2D eigenvalue weighted by molar-refractivity contribution is 5.88. The Balaban J connectivity index is 1.53. The summed E-state index contributed by atoms with van der Waals surface area (Å²) >= 11 is 0. The molecule has 0 heterocycles. The van der Waals surface area contributed by atoms with E-state index in [0.29, 0.717) is 5.41 Å². The topological polar surface area (TPSA) is 0 Å². The molecule has 2 aliphatic carbocycles. The van der Waals surface area contributed by atoms with Crippen LogP contribution in [0.1, 0.15) is 62.6 Å². The predicted molar refractivity (Wildman–Crippen MR) is 125 cm³/mol. The Morgan fingerprint density at radius 1 is 0.724 bits per heavy atom. The Kier molecular flexibility index (Phi) is 4.57. The van der Waals surface area contributed by atoms with Crippen LogP contribution in [0.3, 0.4) is 0 Å². The highest BCUT2D eigenvalue weighted by atomic mass is 14.5. The van der Waals surface area contributed by atoms with Gasteiger partial charge in [-0.2, -0.15) is 0 Å². The highest BCUT2D eigenvalue weighted by Gasteiger charge is 2.42. The van der Waals surface area contributed by atoms with Crippen molar-refractivity contribution in [3.05, 3.63) is 71.3 Å². The summed E-state index contributed by atoms with van der Waals surface area (Å²) < 4.78 is 0. The van der Waals surface area contributed by atoms with Crippen LogP contribution in [-0.4, -0.2) is 0 Å². The van der Waals surface area contributed by atoms with Crippen molar-refractivity contribution < 1.29 is 0 Å². The minimum absolute atomic E-state index is 0.335. The Morgan fingerprint density at radius 2 is 1.34 bits per heavy atom. The van der Waals surface area contributed by atoms with Crippen molar-refractivity contribution in [1.82, 2.24) is 0 Å². The molecule has 0 aliphatic heterocycles. The molecule has 2 fully saturated rings. The average Bonchev–Trinajstić information content (AvgIpc) is 2.66. The van der Waals surface area contributed by atoms with E-state index in [9.17, 15) is 0 Å². The summed E-state index contributed by atoms with van der Waals surface area (Å²) in [4.78, 5) is 0. The summed E-state index contributed by atoms with van der Waals surface area (Å²) in [7, 11) is 0. The molecule has 0 spiro atoms. The van der Waals surface area contributed by atoms with E-state index in [0.717, 1.165) is 17.8 Å². The third kappa shape index (κ3) is 3.52. The van der Waals surface area contributed by atoms with Gasteiger partial charge in [0.25, 0.3) is 0 Å². The Labute approximate surface area is 176 Å². The van der Waals surface area contributed by atoms with Crippen molar-refractivity contribution in [2.45, 2.75) is 65.2 Å². The Hall–Kier alpha value is -2.08. The van der Waals surface area contributed by atoms with Crippen LogP contribution in [0.4, 0.5) is 0 Å². The van der Waals surface area contributed by atoms with Gasteiger partial charge in [0.2, 0.25) is 0 Å². The van der Waals surface area contributed by atoms with Gasteiger partial charge in [0, 0.05) is 0 Å². The van der Waals surface area contributed by atoms with Gasteiger partial charge in [-0.25, -0.2) is 0 Å². The van der Waals surface area contributed by atoms with Crippen LogP contribution in [0, 0.1) is 31.6 Å². The molecule has 2 aliphatic rings. The highest BCUT2D eigenvalue weighted by Crippen LogP contribution is 2.52. The van der Waals surface area contributed by atoms with Crippen molar-refractivity contribution in [3.63, 3.8) is 0 Å². The molecule has 2 unspecified atom stereocenters. The smallest absolute Gasteiger partial charge is 0.00671 e. The van der Waals surface area contributed by atoms with Crippen LogP contribution in [-0.2, 0) is 5.41 Å². The van der Waals surface area contributed by atoms with Crippen molar-refractivity contribution >= 4 is 10.8 Å². The first-order valence-electron chi connectivity index (χ1n) is 11.5. The van der Waals surface area contributed by atoms with Crippen LogP contribution in [0.25, 0.3) is 21.9 Å². The molecule has 2 atom stereocenters. The van der Waals surface area contributed by atoms with Crippen LogP contribution in [0.5, 0.6) is 0 Å². The fraction of sp³-hybridized carbons (Fsp3) is 0.448. The zero-order valence-corrected chi connectivity index (χ0v) is 18.5. The molecular formula is C29H34. The number of rotatable bonds is 2. The van der Waals surface area contributed by atoms with Crippen molar-refractivity contribution in [2.24, 2.45) is 17.8 Å². The molecule has 2 saturated carbocycles. The van der Waals surface area contributed by atoms with Gasteiger partial charge < -0.3 is 0 Å². The van der Waals surface area contributed by atoms with Gasteiger partial charge in [0.1, 0.15) is 0 Å². The molecule has 0 nitrogen and oxygen atoms in total. The molecule has 29 heavy (non-hydrogen) atoms. The third-order valence-corrected chi connectivity index (χ3v) is 7.83. The summed E-state index contributed by atoms with van der Waals surface area (Å²) in [6.45, 7) is 9.51. The Bertz CT molecular complexity index is 1040. The van der Waals surface area contributed by atoms with Crippen molar-refractivity contribution in [1.29, 1.82) is 0 Å². The maximum Gasteiger partial charge on any atom is -0.00671 e. The lowest BCUT2D eigenvalue weighted by molar-refractivity contribution is 0.0896. The molecule has 0 radical (unpaired) electrons. The quantitative estimate of drug-likeness (QED) is 0.419. The molecule has 0 aromatic heterocycles. The van der Waals surface area contributed by atoms with Crippen LogP contribution in [0.15, 0.2) is 54.6 Å². The normalized spacial score (nSPS) is 29.2. The minimum Gasteiger partial charge on any atom is -0.0625 e. The molecule has 2 bridgehead atoms. The van der Waals surface area contributed by atoms with Crippen LogP contribution in [0.2, 0.25) is 0 Å². The first kappa shape index (κ1) is 18.9. The fourth-order valence-corrected chi connectivity index (χ4v) is 6.81. The lowest BCUT2D eigenvalue weighted by atomic mass is 9.57. The van der Waals surface area contributed by atoms with E-state index in [4.69, 9.17) is 0 Å². The molecule has 150 valence electrons. The van der Waals surface area contributed by atoms with Gasteiger partial charge in [-0.3, -0.25) is 0 Å². The van der Waals surface area contributed by atoms with Crippen molar-refractivity contribution in [3.8, 4) is 11.1 Å². The monoisotopic (exact) mass is 382 g/mol. The SMILES string of the molecule is Cc1ccc2cc(-c3ccc(C)c(C4(C)CC5CC(C)CC(C5)C4)c3)ccc2c1. The summed E-state index contributed by atoms with van der Waals surface area (Å²) in [5.41, 5.74) is 7.45. The third-order valence-electron chi connectivity index (χ3n) is 7.83. The number of benzene rings is 3. The summed E-state index contributed by atoms with van der Waals surface area (Å²) in [5.74, 6) is 2.78. The Morgan fingerprint density at radius 3 is 2.10 bits per heavy atom. The standard InChI is InChI=1S/C29H34/c1-19-5-7-25-15-26(10-9-24(25)13-19)27-8-6-21(3)28(16-27)29(4)17-22-11-20(2)12-23(14-22)18-29/h5-10,13,15-16,20,22-23H,11-12,14,17-18H2,1-4H3. The average molecular weight is 383 g/mol. The second-order valence-electron chi connectivity index (χ2n) is 10.6. The largest absolute Gasteiger partial charge is 0.0625 e. The fourth-order valence-electron chi connectivity index (χ4n) is 6.81. The van der Waals surface area contributed by atoms with E-state index >= 15 is 0 Å².